The number of rotatable bonds is 5. The second kappa shape index (κ2) is 6.88. The molecular weight excluding hydrogens is 336 g/mol. The number of likely N-dealkylation sites (N-methyl/N-ethyl adjacent to an activating group) is 1. The fraction of sp³-hybridized carbons (Fsp3) is 0.611. The molecule has 0 radical (unpaired) electrons. The molecule has 6 nitrogen and oxygen atoms in total. The zero-order valence-corrected chi connectivity index (χ0v) is 16.2. The summed E-state index contributed by atoms with van der Waals surface area (Å²) in [6, 6.07) is 0. The maximum absolute atomic E-state index is 12.5. The molecule has 7 heteroatoms. The van der Waals surface area contributed by atoms with Gasteiger partial charge in [0.15, 0.2) is 0 Å². The Morgan fingerprint density at radius 2 is 2.12 bits per heavy atom. The molecule has 2 aromatic rings. The molecule has 25 heavy (non-hydrogen) atoms. The molecule has 0 aromatic carbocycles. The molecule has 136 valence electrons. The summed E-state index contributed by atoms with van der Waals surface area (Å²) in [7, 11) is 0. The van der Waals surface area contributed by atoms with E-state index in [2.05, 4.69) is 15.3 Å². The highest BCUT2D eigenvalue weighted by atomic mass is 32.1. The lowest BCUT2D eigenvalue weighted by Crippen LogP contribution is -2.45. The van der Waals surface area contributed by atoms with Crippen molar-refractivity contribution in [3.63, 3.8) is 0 Å². The van der Waals surface area contributed by atoms with E-state index in [1.807, 2.05) is 32.6 Å². The maximum atomic E-state index is 12.5. The molecule has 3 rings (SSSR count). The normalized spacial score (nSPS) is 14.3. The number of H-pyrrole nitrogens is 1. The van der Waals surface area contributed by atoms with Gasteiger partial charge in [0.25, 0.3) is 5.56 Å². The predicted octanol–water partition coefficient (Wildman–Crippen LogP) is 2.21. The summed E-state index contributed by atoms with van der Waals surface area (Å²) in [5.41, 5.74) is 0.895. The SMILES string of the molecule is CCN(CC(=O)NC(C)(C)C)Cc1nc2sc3c(c2c(=O)[nH]1)CCC3. The van der Waals surface area contributed by atoms with E-state index in [4.69, 9.17) is 0 Å². The molecule has 1 aliphatic carbocycles. The van der Waals surface area contributed by atoms with Crippen LogP contribution in [0, 0.1) is 0 Å². The number of amides is 1. The number of thiophene rings is 1. The first-order valence-electron chi connectivity index (χ1n) is 8.83. The number of carbonyl (C=O) groups is 1. The molecule has 0 saturated carbocycles. The smallest absolute Gasteiger partial charge is 0.259 e. The number of fused-ring (bicyclic) bond motifs is 3. The molecule has 2 heterocycles. The van der Waals surface area contributed by atoms with E-state index in [0.717, 1.165) is 29.5 Å². The van der Waals surface area contributed by atoms with Crippen molar-refractivity contribution in [2.24, 2.45) is 0 Å². The minimum atomic E-state index is -0.250. The number of aromatic nitrogens is 2. The van der Waals surface area contributed by atoms with Gasteiger partial charge >= 0.3 is 0 Å². The van der Waals surface area contributed by atoms with Crippen LogP contribution in [0.3, 0.4) is 0 Å². The number of nitrogens with zero attached hydrogens (tertiary/aromatic N) is 2. The zero-order chi connectivity index (χ0) is 18.2. The first kappa shape index (κ1) is 18.1. The zero-order valence-electron chi connectivity index (χ0n) is 15.4. The fourth-order valence-corrected chi connectivity index (χ4v) is 4.55. The summed E-state index contributed by atoms with van der Waals surface area (Å²) in [6.07, 6.45) is 3.16. The van der Waals surface area contributed by atoms with Crippen molar-refractivity contribution in [3.8, 4) is 0 Å². The Balaban J connectivity index is 1.77. The van der Waals surface area contributed by atoms with Crippen molar-refractivity contribution in [2.45, 2.75) is 59.0 Å². The van der Waals surface area contributed by atoms with E-state index < -0.39 is 0 Å². The lowest BCUT2D eigenvalue weighted by atomic mass is 10.1. The molecule has 0 saturated heterocycles. The average molecular weight is 362 g/mol. The molecule has 0 spiro atoms. The Kier molecular flexibility index (Phi) is 4.97. The van der Waals surface area contributed by atoms with Crippen molar-refractivity contribution in [1.82, 2.24) is 20.2 Å². The third-order valence-corrected chi connectivity index (χ3v) is 5.51. The predicted molar refractivity (Wildman–Crippen MR) is 101 cm³/mol. The molecule has 1 amide bonds. The number of hydrogen-bond acceptors (Lipinski definition) is 5. The van der Waals surface area contributed by atoms with Crippen LogP contribution in [0.5, 0.6) is 0 Å². The van der Waals surface area contributed by atoms with Gasteiger partial charge in [0.05, 0.1) is 18.5 Å². The first-order valence-corrected chi connectivity index (χ1v) is 9.65. The van der Waals surface area contributed by atoms with Gasteiger partial charge in [0, 0.05) is 10.4 Å². The Bertz CT molecular complexity index is 847. The van der Waals surface area contributed by atoms with Crippen molar-refractivity contribution in [1.29, 1.82) is 0 Å². The summed E-state index contributed by atoms with van der Waals surface area (Å²) >= 11 is 1.64. The topological polar surface area (TPSA) is 78.1 Å². The highest BCUT2D eigenvalue weighted by Gasteiger charge is 2.22. The van der Waals surface area contributed by atoms with Crippen LogP contribution in [0.4, 0.5) is 0 Å². The minimum Gasteiger partial charge on any atom is -0.350 e. The Labute approximate surface area is 151 Å². The summed E-state index contributed by atoms with van der Waals surface area (Å²) in [6.45, 7) is 9.34. The number of hydrogen-bond donors (Lipinski definition) is 2. The molecule has 2 aromatic heterocycles. The van der Waals surface area contributed by atoms with E-state index in [9.17, 15) is 9.59 Å². The standard InChI is InChI=1S/C18H26N4O2S/c1-5-22(10-14(23)21-18(2,3)4)9-13-19-16(24)15-11-7-6-8-12(11)25-17(15)20-13/h5-10H2,1-4H3,(H,21,23)(H,19,20,24). The van der Waals surface area contributed by atoms with E-state index in [1.165, 1.54) is 10.4 Å². The summed E-state index contributed by atoms with van der Waals surface area (Å²) in [5, 5.41) is 3.74. The van der Waals surface area contributed by atoms with Gasteiger partial charge < -0.3 is 10.3 Å². The third-order valence-electron chi connectivity index (χ3n) is 4.33. The van der Waals surface area contributed by atoms with E-state index in [-0.39, 0.29) is 23.6 Å². The van der Waals surface area contributed by atoms with Gasteiger partial charge in [-0.3, -0.25) is 14.5 Å². The van der Waals surface area contributed by atoms with Crippen LogP contribution in [0.15, 0.2) is 4.79 Å². The van der Waals surface area contributed by atoms with Crippen molar-refractivity contribution >= 4 is 27.5 Å². The maximum Gasteiger partial charge on any atom is 0.259 e. The van der Waals surface area contributed by atoms with Gasteiger partial charge in [-0.15, -0.1) is 11.3 Å². The third kappa shape index (κ3) is 4.10. The van der Waals surface area contributed by atoms with Crippen LogP contribution in [0.1, 0.15) is 50.4 Å². The van der Waals surface area contributed by atoms with Gasteiger partial charge in [-0.25, -0.2) is 4.98 Å². The summed E-state index contributed by atoms with van der Waals surface area (Å²) in [5.74, 6) is 0.607. The lowest BCUT2D eigenvalue weighted by Gasteiger charge is -2.24. The number of aryl methyl sites for hydroxylation is 2. The minimum absolute atomic E-state index is 0.0205. The van der Waals surface area contributed by atoms with Gasteiger partial charge in [-0.05, 0) is 52.1 Å². The summed E-state index contributed by atoms with van der Waals surface area (Å²) in [4.78, 5) is 36.4. The largest absolute Gasteiger partial charge is 0.350 e. The van der Waals surface area contributed by atoms with E-state index in [0.29, 0.717) is 18.9 Å². The quantitative estimate of drug-likeness (QED) is 0.855. The van der Waals surface area contributed by atoms with Crippen LogP contribution < -0.4 is 10.9 Å². The Hall–Kier alpha value is -1.73. The van der Waals surface area contributed by atoms with Crippen molar-refractivity contribution in [3.05, 3.63) is 26.6 Å². The fourth-order valence-electron chi connectivity index (χ4n) is 3.27. The first-order chi connectivity index (χ1) is 11.8. The molecule has 0 fully saturated rings. The van der Waals surface area contributed by atoms with E-state index >= 15 is 0 Å². The monoisotopic (exact) mass is 362 g/mol. The van der Waals surface area contributed by atoms with Crippen LogP contribution in [-0.2, 0) is 24.2 Å². The summed E-state index contributed by atoms with van der Waals surface area (Å²) < 4.78 is 0. The van der Waals surface area contributed by atoms with E-state index in [1.54, 1.807) is 11.3 Å². The molecule has 0 unspecified atom stereocenters. The second-order valence-corrected chi connectivity index (χ2v) is 8.74. The van der Waals surface area contributed by atoms with Gasteiger partial charge in [-0.1, -0.05) is 6.92 Å². The van der Waals surface area contributed by atoms with Crippen LogP contribution >= 0.6 is 11.3 Å². The van der Waals surface area contributed by atoms with Crippen LogP contribution in [0.25, 0.3) is 10.2 Å². The molecule has 2 N–H and O–H groups in total. The van der Waals surface area contributed by atoms with Crippen LogP contribution in [-0.4, -0.2) is 39.4 Å². The van der Waals surface area contributed by atoms with Gasteiger partial charge in [0.1, 0.15) is 10.7 Å². The van der Waals surface area contributed by atoms with Crippen molar-refractivity contribution < 1.29 is 4.79 Å². The molecule has 0 bridgehead atoms. The molecular formula is C18H26N4O2S. The number of nitrogens with one attached hydrogen (secondary N) is 2. The Morgan fingerprint density at radius 3 is 2.80 bits per heavy atom. The van der Waals surface area contributed by atoms with Gasteiger partial charge in [0.2, 0.25) is 5.91 Å². The highest BCUT2D eigenvalue weighted by Crippen LogP contribution is 2.34. The Morgan fingerprint density at radius 1 is 1.36 bits per heavy atom. The molecule has 0 aliphatic heterocycles. The second-order valence-electron chi connectivity index (χ2n) is 7.65. The number of carbonyl (C=O) groups excluding carboxylic acids is 1. The van der Waals surface area contributed by atoms with Crippen molar-refractivity contribution in [2.75, 3.05) is 13.1 Å². The van der Waals surface area contributed by atoms with Crippen LogP contribution in [0.2, 0.25) is 0 Å². The average Bonchev–Trinajstić information content (AvgIpc) is 3.04. The van der Waals surface area contributed by atoms with Gasteiger partial charge in [-0.2, -0.15) is 0 Å². The number of aromatic amines is 1. The highest BCUT2D eigenvalue weighted by molar-refractivity contribution is 7.18. The lowest BCUT2D eigenvalue weighted by molar-refractivity contribution is -0.123. The molecule has 1 aliphatic rings. The molecule has 0 atom stereocenters.